The van der Waals surface area contributed by atoms with E-state index < -0.39 is 21.6 Å². The summed E-state index contributed by atoms with van der Waals surface area (Å²) in [6.45, 7) is 3.80. The van der Waals surface area contributed by atoms with Gasteiger partial charge < -0.3 is 5.11 Å². The zero-order valence-electron chi connectivity index (χ0n) is 12.6. The Labute approximate surface area is 121 Å². The van der Waals surface area contributed by atoms with E-state index in [4.69, 9.17) is 5.11 Å². The molecular weight excluding hydrogens is 280 g/mol. The maximum Gasteiger partial charge on any atom is 0.303 e. The number of carboxylic acids is 1. The van der Waals surface area contributed by atoms with E-state index in [0.717, 1.165) is 32.1 Å². The second kappa shape index (κ2) is 6.87. The van der Waals surface area contributed by atoms with Gasteiger partial charge in [-0.2, -0.15) is 12.7 Å². The van der Waals surface area contributed by atoms with Crippen LogP contribution in [-0.4, -0.2) is 43.4 Å². The maximum absolute atomic E-state index is 12.1. The van der Waals surface area contributed by atoms with E-state index in [2.05, 4.69) is 4.72 Å². The predicted octanol–water partition coefficient (Wildman–Crippen LogP) is 1.59. The van der Waals surface area contributed by atoms with E-state index >= 15 is 0 Å². The Morgan fingerprint density at radius 2 is 1.85 bits per heavy atom. The van der Waals surface area contributed by atoms with Crippen LogP contribution in [0.3, 0.4) is 0 Å². The molecule has 20 heavy (non-hydrogen) atoms. The summed E-state index contributed by atoms with van der Waals surface area (Å²) in [4.78, 5) is 11.1. The van der Waals surface area contributed by atoms with Crippen LogP contribution in [0.2, 0.25) is 0 Å². The van der Waals surface area contributed by atoms with Crippen LogP contribution in [0.4, 0.5) is 0 Å². The van der Waals surface area contributed by atoms with Crippen LogP contribution in [0, 0.1) is 5.41 Å². The van der Waals surface area contributed by atoms with Crippen molar-refractivity contribution in [1.29, 1.82) is 0 Å². The molecule has 0 amide bonds. The first-order chi connectivity index (χ1) is 9.18. The summed E-state index contributed by atoms with van der Waals surface area (Å²) >= 11 is 0. The summed E-state index contributed by atoms with van der Waals surface area (Å²) in [5.74, 6) is -0.858. The Bertz CT molecular complexity index is 428. The first kappa shape index (κ1) is 17.4. The highest BCUT2D eigenvalue weighted by Crippen LogP contribution is 2.39. The Balaban J connectivity index is 2.74. The van der Waals surface area contributed by atoms with Crippen molar-refractivity contribution in [1.82, 2.24) is 9.03 Å². The molecule has 0 heterocycles. The lowest BCUT2D eigenvalue weighted by molar-refractivity contribution is -0.140. The molecule has 0 spiro atoms. The van der Waals surface area contributed by atoms with Crippen LogP contribution < -0.4 is 4.72 Å². The molecule has 1 saturated carbocycles. The fourth-order valence-electron chi connectivity index (χ4n) is 2.66. The standard InChI is InChI=1S/C13H26N2O4S/c1-11(2)15(3)20(18,19)14-10-13(9-12(16)17)7-5-4-6-8-13/h11,14H,4-10H2,1-3H3,(H,16,17). The van der Waals surface area contributed by atoms with Crippen molar-refractivity contribution in [2.45, 2.75) is 58.4 Å². The lowest BCUT2D eigenvalue weighted by Crippen LogP contribution is -2.47. The molecule has 0 radical (unpaired) electrons. The Morgan fingerprint density at radius 3 is 2.30 bits per heavy atom. The largest absolute Gasteiger partial charge is 0.481 e. The second-order valence-electron chi connectivity index (χ2n) is 6.07. The van der Waals surface area contributed by atoms with Crippen molar-refractivity contribution in [2.24, 2.45) is 5.41 Å². The van der Waals surface area contributed by atoms with Gasteiger partial charge in [-0.1, -0.05) is 19.3 Å². The molecule has 2 N–H and O–H groups in total. The predicted molar refractivity (Wildman–Crippen MR) is 77.6 cm³/mol. The molecule has 0 aromatic heterocycles. The lowest BCUT2D eigenvalue weighted by Gasteiger charge is -2.36. The zero-order valence-corrected chi connectivity index (χ0v) is 13.4. The molecule has 0 bridgehead atoms. The van der Waals surface area contributed by atoms with Crippen molar-refractivity contribution in [3.05, 3.63) is 0 Å². The van der Waals surface area contributed by atoms with Gasteiger partial charge in [0.1, 0.15) is 0 Å². The third kappa shape index (κ3) is 4.71. The molecule has 0 unspecified atom stereocenters. The number of carbonyl (C=O) groups is 1. The van der Waals surface area contributed by atoms with Crippen LogP contribution in [0.1, 0.15) is 52.4 Å². The molecule has 1 rings (SSSR count). The van der Waals surface area contributed by atoms with Crippen molar-refractivity contribution < 1.29 is 18.3 Å². The molecule has 7 heteroatoms. The van der Waals surface area contributed by atoms with Gasteiger partial charge >= 0.3 is 5.97 Å². The van der Waals surface area contributed by atoms with Crippen LogP contribution in [0.5, 0.6) is 0 Å². The van der Waals surface area contributed by atoms with E-state index in [9.17, 15) is 13.2 Å². The van der Waals surface area contributed by atoms with E-state index in [1.165, 1.54) is 11.4 Å². The second-order valence-corrected chi connectivity index (χ2v) is 7.88. The SMILES string of the molecule is CC(C)N(C)S(=O)(=O)NCC1(CC(=O)O)CCCCC1. The molecule has 1 aliphatic carbocycles. The molecule has 1 aliphatic rings. The number of aliphatic carboxylic acids is 1. The fraction of sp³-hybridized carbons (Fsp3) is 0.923. The molecule has 0 atom stereocenters. The van der Waals surface area contributed by atoms with Crippen LogP contribution >= 0.6 is 0 Å². The van der Waals surface area contributed by atoms with Crippen LogP contribution in [-0.2, 0) is 15.0 Å². The van der Waals surface area contributed by atoms with Gasteiger partial charge in [0, 0.05) is 19.6 Å². The number of rotatable bonds is 7. The smallest absolute Gasteiger partial charge is 0.303 e. The van der Waals surface area contributed by atoms with Crippen LogP contribution in [0.25, 0.3) is 0 Å². The van der Waals surface area contributed by atoms with E-state index in [1.807, 2.05) is 0 Å². The third-order valence-electron chi connectivity index (χ3n) is 4.18. The normalized spacial score (nSPS) is 19.4. The van der Waals surface area contributed by atoms with Gasteiger partial charge in [0.05, 0.1) is 6.42 Å². The maximum atomic E-state index is 12.1. The average molecular weight is 306 g/mol. The van der Waals surface area contributed by atoms with Crippen molar-refractivity contribution >= 4 is 16.2 Å². The third-order valence-corrected chi connectivity index (χ3v) is 5.87. The first-order valence-corrected chi connectivity index (χ1v) is 8.57. The first-order valence-electron chi connectivity index (χ1n) is 7.13. The Hall–Kier alpha value is -0.660. The molecule has 0 saturated heterocycles. The zero-order chi connectivity index (χ0) is 15.4. The van der Waals surface area contributed by atoms with Gasteiger partial charge in [-0.3, -0.25) is 4.79 Å². The highest BCUT2D eigenvalue weighted by Gasteiger charge is 2.36. The summed E-state index contributed by atoms with van der Waals surface area (Å²) < 4.78 is 28.1. The lowest BCUT2D eigenvalue weighted by atomic mass is 9.72. The van der Waals surface area contributed by atoms with Gasteiger partial charge in [-0.15, -0.1) is 0 Å². The molecule has 0 aromatic carbocycles. The summed E-state index contributed by atoms with van der Waals surface area (Å²) in [6, 6.07) is -0.130. The molecule has 6 nitrogen and oxygen atoms in total. The number of carboxylic acid groups (broad SMARTS) is 1. The summed E-state index contributed by atoms with van der Waals surface area (Å²) in [7, 11) is -2.02. The summed E-state index contributed by atoms with van der Waals surface area (Å²) in [6.07, 6.45) is 4.60. The molecule has 0 aliphatic heterocycles. The Morgan fingerprint density at radius 1 is 1.30 bits per heavy atom. The van der Waals surface area contributed by atoms with Gasteiger partial charge in [0.15, 0.2) is 0 Å². The van der Waals surface area contributed by atoms with Crippen molar-refractivity contribution in [2.75, 3.05) is 13.6 Å². The number of nitrogens with zero attached hydrogens (tertiary/aromatic N) is 1. The molecule has 118 valence electrons. The van der Waals surface area contributed by atoms with Crippen molar-refractivity contribution in [3.63, 3.8) is 0 Å². The monoisotopic (exact) mass is 306 g/mol. The topological polar surface area (TPSA) is 86.7 Å². The number of hydrogen-bond donors (Lipinski definition) is 2. The van der Waals surface area contributed by atoms with Gasteiger partial charge in [0.25, 0.3) is 10.2 Å². The minimum Gasteiger partial charge on any atom is -0.481 e. The van der Waals surface area contributed by atoms with Gasteiger partial charge in [-0.25, -0.2) is 4.72 Å². The van der Waals surface area contributed by atoms with Crippen LogP contribution in [0.15, 0.2) is 0 Å². The number of nitrogens with one attached hydrogen (secondary N) is 1. The quantitative estimate of drug-likeness (QED) is 0.748. The van der Waals surface area contributed by atoms with E-state index in [-0.39, 0.29) is 19.0 Å². The molecule has 1 fully saturated rings. The average Bonchev–Trinajstić information content (AvgIpc) is 2.36. The highest BCUT2D eigenvalue weighted by molar-refractivity contribution is 7.87. The highest BCUT2D eigenvalue weighted by atomic mass is 32.2. The minimum atomic E-state index is -3.54. The number of hydrogen-bond acceptors (Lipinski definition) is 3. The molecular formula is C13H26N2O4S. The van der Waals surface area contributed by atoms with Crippen molar-refractivity contribution in [3.8, 4) is 0 Å². The summed E-state index contributed by atoms with van der Waals surface area (Å²) in [5.41, 5.74) is -0.436. The Kier molecular flexibility index (Phi) is 5.97. The van der Waals surface area contributed by atoms with Gasteiger partial charge in [-0.05, 0) is 32.1 Å². The minimum absolute atomic E-state index is 0.0287. The van der Waals surface area contributed by atoms with Gasteiger partial charge in [0.2, 0.25) is 0 Å². The van der Waals surface area contributed by atoms with E-state index in [0.29, 0.717) is 0 Å². The van der Waals surface area contributed by atoms with E-state index in [1.54, 1.807) is 13.8 Å². The summed E-state index contributed by atoms with van der Waals surface area (Å²) in [5, 5.41) is 9.07. The fourth-order valence-corrected chi connectivity index (χ4v) is 3.91. The molecule has 0 aromatic rings.